The van der Waals surface area contributed by atoms with E-state index in [1.165, 1.54) is 5.56 Å². The highest BCUT2D eigenvalue weighted by Gasteiger charge is 2.21. The Labute approximate surface area is 115 Å². The average Bonchev–Trinajstić information content (AvgIpc) is 2.44. The van der Waals surface area contributed by atoms with Crippen LogP contribution in [0, 0.1) is 6.92 Å². The van der Waals surface area contributed by atoms with E-state index < -0.39 is 6.10 Å². The van der Waals surface area contributed by atoms with Crippen molar-refractivity contribution in [2.75, 3.05) is 19.8 Å². The van der Waals surface area contributed by atoms with Crippen LogP contribution in [0.3, 0.4) is 0 Å². The van der Waals surface area contributed by atoms with E-state index in [1.54, 1.807) is 0 Å². The van der Waals surface area contributed by atoms with Crippen LogP contribution in [0.25, 0.3) is 0 Å². The molecular weight excluding hydrogens is 242 g/mol. The molecule has 0 aliphatic rings. The minimum Gasteiger partial charge on any atom is -0.491 e. The zero-order valence-electron chi connectivity index (χ0n) is 12.0. The van der Waals surface area contributed by atoms with Crippen LogP contribution in [0.15, 0.2) is 24.3 Å². The van der Waals surface area contributed by atoms with Crippen molar-refractivity contribution >= 4 is 0 Å². The number of benzene rings is 1. The van der Waals surface area contributed by atoms with E-state index in [-0.39, 0.29) is 18.8 Å². The van der Waals surface area contributed by atoms with E-state index in [9.17, 15) is 10.2 Å². The molecular formula is C15H25NO3. The lowest BCUT2D eigenvalue weighted by molar-refractivity contribution is 0.0866. The maximum atomic E-state index is 9.85. The van der Waals surface area contributed by atoms with Crippen molar-refractivity contribution in [3.63, 3.8) is 0 Å². The molecule has 0 aliphatic carbocycles. The van der Waals surface area contributed by atoms with Crippen molar-refractivity contribution in [2.45, 2.75) is 38.8 Å². The molecule has 0 aliphatic heterocycles. The molecule has 4 heteroatoms. The number of rotatable bonds is 8. The van der Waals surface area contributed by atoms with E-state index in [0.717, 1.165) is 12.2 Å². The fraction of sp³-hybridized carbons (Fsp3) is 0.600. The van der Waals surface area contributed by atoms with Gasteiger partial charge in [0, 0.05) is 12.1 Å². The zero-order valence-corrected chi connectivity index (χ0v) is 12.0. The fourth-order valence-electron chi connectivity index (χ4n) is 1.54. The standard InChI is InChI=1S/C15H25NO3/c1-4-15(3,11-17)16-9-13(18)10-19-14-7-5-12(2)6-8-14/h5-8,13,16-18H,4,9-11H2,1-3H3. The molecule has 1 aromatic carbocycles. The van der Waals surface area contributed by atoms with E-state index in [4.69, 9.17) is 4.74 Å². The minimum atomic E-state index is -0.598. The average molecular weight is 267 g/mol. The summed E-state index contributed by atoms with van der Waals surface area (Å²) in [6.07, 6.45) is 0.202. The Morgan fingerprint density at radius 1 is 1.32 bits per heavy atom. The third-order valence-electron chi connectivity index (χ3n) is 3.36. The summed E-state index contributed by atoms with van der Waals surface area (Å²) in [5, 5.41) is 22.3. The first-order chi connectivity index (χ1) is 8.99. The second kappa shape index (κ2) is 7.48. The van der Waals surface area contributed by atoms with Gasteiger partial charge in [0.1, 0.15) is 18.5 Å². The van der Waals surface area contributed by atoms with Gasteiger partial charge < -0.3 is 20.3 Å². The monoisotopic (exact) mass is 267 g/mol. The lowest BCUT2D eigenvalue weighted by atomic mass is 10.0. The number of hydrogen-bond acceptors (Lipinski definition) is 4. The van der Waals surface area contributed by atoms with Crippen LogP contribution >= 0.6 is 0 Å². The molecule has 0 aromatic heterocycles. The molecule has 108 valence electrons. The van der Waals surface area contributed by atoms with Gasteiger partial charge in [-0.25, -0.2) is 0 Å². The van der Waals surface area contributed by atoms with Crippen molar-refractivity contribution in [3.05, 3.63) is 29.8 Å². The molecule has 2 atom stereocenters. The van der Waals surface area contributed by atoms with Gasteiger partial charge in [-0.15, -0.1) is 0 Å². The lowest BCUT2D eigenvalue weighted by Gasteiger charge is -2.28. The first-order valence-corrected chi connectivity index (χ1v) is 6.72. The van der Waals surface area contributed by atoms with Crippen molar-refractivity contribution < 1.29 is 14.9 Å². The van der Waals surface area contributed by atoms with Gasteiger partial charge >= 0.3 is 0 Å². The van der Waals surface area contributed by atoms with Crippen LogP contribution in [0.2, 0.25) is 0 Å². The van der Waals surface area contributed by atoms with Crippen LogP contribution in [-0.4, -0.2) is 41.6 Å². The van der Waals surface area contributed by atoms with Gasteiger partial charge in [0.25, 0.3) is 0 Å². The molecule has 0 bridgehead atoms. The quantitative estimate of drug-likeness (QED) is 0.668. The molecule has 4 nitrogen and oxygen atoms in total. The maximum Gasteiger partial charge on any atom is 0.119 e. The molecule has 0 saturated heterocycles. The summed E-state index contributed by atoms with van der Waals surface area (Å²) in [6.45, 7) is 6.63. The van der Waals surface area contributed by atoms with Crippen molar-refractivity contribution in [2.24, 2.45) is 0 Å². The molecule has 19 heavy (non-hydrogen) atoms. The molecule has 0 amide bonds. The highest BCUT2D eigenvalue weighted by Crippen LogP contribution is 2.12. The van der Waals surface area contributed by atoms with E-state index in [1.807, 2.05) is 45.0 Å². The molecule has 0 saturated carbocycles. The minimum absolute atomic E-state index is 0.0506. The Morgan fingerprint density at radius 3 is 2.47 bits per heavy atom. The number of ether oxygens (including phenoxy) is 1. The molecule has 0 fully saturated rings. The Balaban J connectivity index is 2.31. The lowest BCUT2D eigenvalue weighted by Crippen LogP contribution is -2.49. The van der Waals surface area contributed by atoms with Crippen LogP contribution in [0.1, 0.15) is 25.8 Å². The summed E-state index contributed by atoms with van der Waals surface area (Å²) < 4.78 is 5.50. The first-order valence-electron chi connectivity index (χ1n) is 6.72. The van der Waals surface area contributed by atoms with Crippen LogP contribution in [0.5, 0.6) is 5.75 Å². The van der Waals surface area contributed by atoms with E-state index >= 15 is 0 Å². The van der Waals surface area contributed by atoms with Gasteiger partial charge in [0.15, 0.2) is 0 Å². The summed E-state index contributed by atoms with van der Waals surface area (Å²) in [5.41, 5.74) is 0.835. The maximum absolute atomic E-state index is 9.85. The summed E-state index contributed by atoms with van der Waals surface area (Å²) in [5.74, 6) is 0.755. The van der Waals surface area contributed by atoms with Gasteiger partial charge in [0.05, 0.1) is 6.61 Å². The Bertz CT molecular complexity index is 360. The van der Waals surface area contributed by atoms with Gasteiger partial charge in [-0.3, -0.25) is 0 Å². The van der Waals surface area contributed by atoms with E-state index in [2.05, 4.69) is 5.32 Å². The first kappa shape index (κ1) is 16.0. The summed E-state index contributed by atoms with van der Waals surface area (Å²) >= 11 is 0. The van der Waals surface area contributed by atoms with Crippen molar-refractivity contribution in [1.29, 1.82) is 0 Å². The Kier molecular flexibility index (Phi) is 6.28. The molecule has 2 unspecified atom stereocenters. The molecule has 1 aromatic rings. The number of β-amino-alcohol motifs (C(OH)–C–C–N with tert-alkyl or cyclic N) is 1. The molecule has 0 radical (unpaired) electrons. The van der Waals surface area contributed by atoms with Crippen LogP contribution < -0.4 is 10.1 Å². The number of hydrogen-bond donors (Lipinski definition) is 3. The summed E-state index contributed by atoms with van der Waals surface area (Å²) in [6, 6.07) is 7.72. The Hall–Kier alpha value is -1.10. The predicted octanol–water partition coefficient (Wildman–Crippen LogP) is 1.49. The molecule has 0 heterocycles. The number of aryl methyl sites for hydroxylation is 1. The molecule has 1 rings (SSSR count). The van der Waals surface area contributed by atoms with Gasteiger partial charge in [0.2, 0.25) is 0 Å². The second-order valence-corrected chi connectivity index (χ2v) is 5.23. The molecule has 3 N–H and O–H groups in total. The van der Waals surface area contributed by atoms with Crippen LogP contribution in [0.4, 0.5) is 0 Å². The highest BCUT2D eigenvalue weighted by atomic mass is 16.5. The second-order valence-electron chi connectivity index (χ2n) is 5.23. The number of aliphatic hydroxyl groups is 2. The normalized spacial score (nSPS) is 15.8. The SMILES string of the molecule is CCC(C)(CO)NCC(O)COc1ccc(C)cc1. The summed E-state index contributed by atoms with van der Waals surface area (Å²) in [7, 11) is 0. The van der Waals surface area contributed by atoms with Gasteiger partial charge in [-0.1, -0.05) is 24.6 Å². The van der Waals surface area contributed by atoms with Gasteiger partial charge in [-0.2, -0.15) is 0 Å². The van der Waals surface area contributed by atoms with Gasteiger partial charge in [-0.05, 0) is 32.4 Å². The molecule has 0 spiro atoms. The van der Waals surface area contributed by atoms with Crippen molar-refractivity contribution in [3.8, 4) is 5.75 Å². The highest BCUT2D eigenvalue weighted by molar-refractivity contribution is 5.26. The van der Waals surface area contributed by atoms with Crippen molar-refractivity contribution in [1.82, 2.24) is 5.32 Å². The van der Waals surface area contributed by atoms with Crippen LogP contribution in [-0.2, 0) is 0 Å². The zero-order chi connectivity index (χ0) is 14.3. The fourth-order valence-corrected chi connectivity index (χ4v) is 1.54. The smallest absolute Gasteiger partial charge is 0.119 e. The largest absolute Gasteiger partial charge is 0.491 e. The number of nitrogens with one attached hydrogen (secondary N) is 1. The topological polar surface area (TPSA) is 61.7 Å². The predicted molar refractivity (Wildman–Crippen MR) is 76.5 cm³/mol. The van der Waals surface area contributed by atoms with E-state index in [0.29, 0.717) is 6.54 Å². The third-order valence-corrected chi connectivity index (χ3v) is 3.36. The summed E-state index contributed by atoms with van der Waals surface area (Å²) in [4.78, 5) is 0. The number of aliphatic hydroxyl groups excluding tert-OH is 2. The third kappa shape index (κ3) is 5.59. The Morgan fingerprint density at radius 2 is 1.95 bits per heavy atom.